The molecule has 0 spiro atoms. The van der Waals surface area contributed by atoms with E-state index in [4.69, 9.17) is 10.5 Å². The predicted octanol–water partition coefficient (Wildman–Crippen LogP) is 2.23. The molecule has 0 amide bonds. The molecule has 0 aliphatic carbocycles. The Kier molecular flexibility index (Phi) is 4.61. The summed E-state index contributed by atoms with van der Waals surface area (Å²) >= 11 is 0. The fraction of sp³-hybridized carbons (Fsp3) is 0.688. The molecule has 5 nitrogen and oxygen atoms in total. The molecular formula is C16H28N4O. The second-order valence-electron chi connectivity index (χ2n) is 7.08. The molecule has 2 rings (SSSR count). The Hall–Kier alpha value is -1.49. The van der Waals surface area contributed by atoms with Crippen molar-refractivity contribution < 1.29 is 4.74 Å². The molecule has 0 saturated carbocycles. The molecule has 1 aromatic heterocycles. The number of rotatable bonds is 4. The average molecular weight is 292 g/mol. The SMILES string of the molecule is CN1CCC(CN(C)c2ccc(N)c(OC(C)(C)C)n2)C1. The van der Waals surface area contributed by atoms with Gasteiger partial charge in [0.1, 0.15) is 11.4 Å². The summed E-state index contributed by atoms with van der Waals surface area (Å²) < 4.78 is 5.84. The summed E-state index contributed by atoms with van der Waals surface area (Å²) in [6.07, 6.45) is 1.25. The summed E-state index contributed by atoms with van der Waals surface area (Å²) in [4.78, 5) is 9.16. The number of ether oxygens (including phenoxy) is 1. The summed E-state index contributed by atoms with van der Waals surface area (Å²) in [5.74, 6) is 2.14. The third kappa shape index (κ3) is 4.49. The summed E-state index contributed by atoms with van der Waals surface area (Å²) in [6, 6.07) is 3.84. The van der Waals surface area contributed by atoms with Crippen LogP contribution in [0.2, 0.25) is 0 Å². The fourth-order valence-corrected chi connectivity index (χ4v) is 2.68. The van der Waals surface area contributed by atoms with E-state index in [0.717, 1.165) is 18.9 Å². The zero-order valence-corrected chi connectivity index (χ0v) is 13.9. The van der Waals surface area contributed by atoms with Crippen molar-refractivity contribution in [1.29, 1.82) is 0 Å². The van der Waals surface area contributed by atoms with Gasteiger partial charge in [0.25, 0.3) is 0 Å². The number of hydrogen-bond donors (Lipinski definition) is 1. The number of aromatic nitrogens is 1. The van der Waals surface area contributed by atoms with Gasteiger partial charge in [0.05, 0.1) is 5.69 Å². The van der Waals surface area contributed by atoms with Crippen LogP contribution in [0.25, 0.3) is 0 Å². The first-order valence-corrected chi connectivity index (χ1v) is 7.60. The number of pyridine rings is 1. The third-order valence-corrected chi connectivity index (χ3v) is 3.69. The van der Waals surface area contributed by atoms with Crippen molar-refractivity contribution in [3.63, 3.8) is 0 Å². The van der Waals surface area contributed by atoms with E-state index in [1.807, 2.05) is 32.9 Å². The topological polar surface area (TPSA) is 54.6 Å². The smallest absolute Gasteiger partial charge is 0.239 e. The van der Waals surface area contributed by atoms with Crippen molar-refractivity contribution in [2.75, 3.05) is 44.4 Å². The fourth-order valence-electron chi connectivity index (χ4n) is 2.68. The van der Waals surface area contributed by atoms with Gasteiger partial charge in [0.15, 0.2) is 0 Å². The molecule has 1 unspecified atom stereocenters. The Morgan fingerprint density at radius 3 is 2.71 bits per heavy atom. The van der Waals surface area contributed by atoms with Crippen LogP contribution in [0.1, 0.15) is 27.2 Å². The van der Waals surface area contributed by atoms with Crippen LogP contribution >= 0.6 is 0 Å². The first-order valence-electron chi connectivity index (χ1n) is 7.60. The Morgan fingerprint density at radius 1 is 1.43 bits per heavy atom. The molecule has 1 aliphatic rings. The third-order valence-electron chi connectivity index (χ3n) is 3.69. The second kappa shape index (κ2) is 6.10. The van der Waals surface area contributed by atoms with Crippen LogP contribution in [0.15, 0.2) is 12.1 Å². The minimum absolute atomic E-state index is 0.299. The zero-order valence-electron chi connectivity index (χ0n) is 13.9. The minimum Gasteiger partial charge on any atom is -0.470 e. The lowest BCUT2D eigenvalue weighted by Gasteiger charge is -2.25. The maximum Gasteiger partial charge on any atom is 0.239 e. The van der Waals surface area contributed by atoms with Gasteiger partial charge in [-0.1, -0.05) is 0 Å². The molecule has 2 heterocycles. The van der Waals surface area contributed by atoms with Gasteiger partial charge in [-0.2, -0.15) is 4.98 Å². The number of hydrogen-bond acceptors (Lipinski definition) is 5. The number of nitrogens with zero attached hydrogens (tertiary/aromatic N) is 3. The largest absolute Gasteiger partial charge is 0.470 e. The van der Waals surface area contributed by atoms with E-state index in [2.05, 4.69) is 28.9 Å². The quantitative estimate of drug-likeness (QED) is 0.922. The van der Waals surface area contributed by atoms with Crippen molar-refractivity contribution in [3.8, 4) is 5.88 Å². The van der Waals surface area contributed by atoms with Crippen molar-refractivity contribution in [2.45, 2.75) is 32.8 Å². The molecule has 0 radical (unpaired) electrons. The van der Waals surface area contributed by atoms with E-state index in [-0.39, 0.29) is 5.60 Å². The Labute approximate surface area is 128 Å². The maximum absolute atomic E-state index is 5.97. The van der Waals surface area contributed by atoms with E-state index in [0.29, 0.717) is 17.5 Å². The van der Waals surface area contributed by atoms with Gasteiger partial charge in [0, 0.05) is 20.1 Å². The maximum atomic E-state index is 5.97. The highest BCUT2D eigenvalue weighted by Crippen LogP contribution is 2.27. The van der Waals surface area contributed by atoms with Crippen LogP contribution in [-0.2, 0) is 0 Å². The highest BCUT2D eigenvalue weighted by molar-refractivity contribution is 5.54. The van der Waals surface area contributed by atoms with Crippen LogP contribution in [0, 0.1) is 5.92 Å². The molecule has 21 heavy (non-hydrogen) atoms. The van der Waals surface area contributed by atoms with Gasteiger partial charge < -0.3 is 20.3 Å². The summed E-state index contributed by atoms with van der Waals surface area (Å²) in [5.41, 5.74) is 6.25. The molecule has 118 valence electrons. The minimum atomic E-state index is -0.299. The van der Waals surface area contributed by atoms with Gasteiger partial charge in [-0.05, 0) is 58.8 Å². The number of anilines is 2. The van der Waals surface area contributed by atoms with Crippen LogP contribution in [-0.4, -0.2) is 49.2 Å². The van der Waals surface area contributed by atoms with E-state index in [1.165, 1.54) is 13.0 Å². The average Bonchev–Trinajstić information content (AvgIpc) is 2.75. The van der Waals surface area contributed by atoms with Crippen LogP contribution < -0.4 is 15.4 Å². The molecule has 2 N–H and O–H groups in total. The van der Waals surface area contributed by atoms with Gasteiger partial charge in [0.2, 0.25) is 5.88 Å². The summed E-state index contributed by atoms with van der Waals surface area (Å²) in [7, 11) is 4.26. The van der Waals surface area contributed by atoms with Gasteiger partial charge in [-0.15, -0.1) is 0 Å². The molecule has 1 fully saturated rings. The molecule has 1 aromatic rings. The molecule has 0 aromatic carbocycles. The Balaban J connectivity index is 2.07. The normalized spacial score (nSPS) is 19.8. The molecular weight excluding hydrogens is 264 g/mol. The lowest BCUT2D eigenvalue weighted by molar-refractivity contribution is 0.125. The first kappa shape index (κ1) is 15.9. The first-order chi connectivity index (χ1) is 9.74. The van der Waals surface area contributed by atoms with Crippen molar-refractivity contribution in [1.82, 2.24) is 9.88 Å². The predicted molar refractivity (Wildman–Crippen MR) is 87.9 cm³/mol. The monoisotopic (exact) mass is 292 g/mol. The Morgan fingerprint density at radius 2 is 2.14 bits per heavy atom. The summed E-state index contributed by atoms with van der Waals surface area (Å²) in [5, 5.41) is 0. The lowest BCUT2D eigenvalue weighted by Crippen LogP contribution is -2.28. The lowest BCUT2D eigenvalue weighted by atomic mass is 10.1. The van der Waals surface area contributed by atoms with Crippen molar-refractivity contribution in [2.24, 2.45) is 5.92 Å². The van der Waals surface area contributed by atoms with Gasteiger partial charge in [-0.25, -0.2) is 0 Å². The van der Waals surface area contributed by atoms with Crippen molar-refractivity contribution >= 4 is 11.5 Å². The van der Waals surface area contributed by atoms with Crippen LogP contribution in [0.3, 0.4) is 0 Å². The molecule has 1 saturated heterocycles. The number of likely N-dealkylation sites (tertiary alicyclic amines) is 1. The van der Waals surface area contributed by atoms with Gasteiger partial charge >= 0.3 is 0 Å². The zero-order chi connectivity index (χ0) is 15.6. The number of nitrogen functional groups attached to an aromatic ring is 1. The molecule has 1 atom stereocenters. The standard InChI is InChI=1S/C16H28N4O/c1-16(2,3)21-15-13(17)6-7-14(18-15)20(5)11-12-8-9-19(4)10-12/h6-7,12H,8-11,17H2,1-5H3. The summed E-state index contributed by atoms with van der Waals surface area (Å²) in [6.45, 7) is 9.35. The second-order valence-corrected chi connectivity index (χ2v) is 7.08. The van der Waals surface area contributed by atoms with Crippen molar-refractivity contribution in [3.05, 3.63) is 12.1 Å². The molecule has 1 aliphatic heterocycles. The van der Waals surface area contributed by atoms with E-state index >= 15 is 0 Å². The van der Waals surface area contributed by atoms with Gasteiger partial charge in [-0.3, -0.25) is 0 Å². The van der Waals surface area contributed by atoms with E-state index < -0.39 is 0 Å². The molecule has 5 heteroatoms. The van der Waals surface area contributed by atoms with E-state index in [9.17, 15) is 0 Å². The Bertz CT molecular complexity index is 484. The number of nitrogens with two attached hydrogens (primary N) is 1. The van der Waals surface area contributed by atoms with Crippen LogP contribution in [0.4, 0.5) is 11.5 Å². The van der Waals surface area contributed by atoms with Crippen LogP contribution in [0.5, 0.6) is 5.88 Å². The highest BCUT2D eigenvalue weighted by Gasteiger charge is 2.22. The highest BCUT2D eigenvalue weighted by atomic mass is 16.5. The van der Waals surface area contributed by atoms with E-state index in [1.54, 1.807) is 0 Å². The molecule has 0 bridgehead atoms.